The number of nitrogens with zero attached hydrogens (tertiary/aromatic N) is 2. The number of rotatable bonds is 1. The standard InChI is InChI=1S/C23H30N2O/c1-22-10-3-4-17(26)14-16(22)5-6-18-19-7-8-21(25-13-12-24-15-25)23(19,2)11-9-20(18)22/h5,8,12-13,15,18-20H,3-4,6-7,9-11,14H2,1-2H3/t18?,19-,20-,22-,23-/m0/s1. The maximum Gasteiger partial charge on any atom is 0.136 e. The van der Waals surface area contributed by atoms with Crippen molar-refractivity contribution in [3.05, 3.63) is 36.4 Å². The maximum atomic E-state index is 12.2. The lowest BCUT2D eigenvalue weighted by molar-refractivity contribution is -0.118. The summed E-state index contributed by atoms with van der Waals surface area (Å²) in [5, 5.41) is 0. The Balaban J connectivity index is 1.49. The van der Waals surface area contributed by atoms with Crippen LogP contribution in [0.3, 0.4) is 0 Å². The van der Waals surface area contributed by atoms with Crippen molar-refractivity contribution in [1.29, 1.82) is 0 Å². The van der Waals surface area contributed by atoms with Gasteiger partial charge < -0.3 is 4.57 Å². The molecule has 26 heavy (non-hydrogen) atoms. The number of aromatic nitrogens is 2. The van der Waals surface area contributed by atoms with Crippen molar-refractivity contribution >= 4 is 11.5 Å². The fourth-order valence-corrected chi connectivity index (χ4v) is 7.08. The van der Waals surface area contributed by atoms with Crippen LogP contribution in [0.4, 0.5) is 0 Å². The molecular weight excluding hydrogens is 320 g/mol. The zero-order chi connectivity index (χ0) is 17.9. The van der Waals surface area contributed by atoms with E-state index in [1.54, 1.807) is 0 Å². The van der Waals surface area contributed by atoms with E-state index in [1.165, 1.54) is 43.4 Å². The molecule has 5 rings (SSSR count). The van der Waals surface area contributed by atoms with Crippen molar-refractivity contribution in [2.45, 2.75) is 65.2 Å². The molecule has 0 aromatic carbocycles. The van der Waals surface area contributed by atoms with Gasteiger partial charge in [0, 0.05) is 36.3 Å². The molecule has 138 valence electrons. The van der Waals surface area contributed by atoms with Gasteiger partial charge in [0.05, 0.1) is 6.33 Å². The first kappa shape index (κ1) is 16.5. The third-order valence-electron chi connectivity index (χ3n) is 8.49. The zero-order valence-corrected chi connectivity index (χ0v) is 16.1. The Morgan fingerprint density at radius 3 is 2.81 bits per heavy atom. The Morgan fingerprint density at radius 1 is 1.12 bits per heavy atom. The van der Waals surface area contributed by atoms with Crippen molar-refractivity contribution in [3.8, 4) is 0 Å². The van der Waals surface area contributed by atoms with E-state index in [0.29, 0.717) is 5.78 Å². The number of hydrogen-bond donors (Lipinski definition) is 0. The normalized spacial score (nSPS) is 42.2. The van der Waals surface area contributed by atoms with Crippen molar-refractivity contribution in [3.63, 3.8) is 0 Å². The minimum atomic E-state index is 0.258. The fraction of sp³-hybridized carbons (Fsp3) is 0.652. The molecule has 1 unspecified atom stereocenters. The number of allylic oxidation sites excluding steroid dienone is 4. The molecule has 0 spiro atoms. The summed E-state index contributed by atoms with van der Waals surface area (Å²) in [7, 11) is 0. The molecule has 5 atom stereocenters. The van der Waals surface area contributed by atoms with Gasteiger partial charge in [0.25, 0.3) is 0 Å². The average molecular weight is 351 g/mol. The maximum absolute atomic E-state index is 12.2. The van der Waals surface area contributed by atoms with E-state index < -0.39 is 0 Å². The van der Waals surface area contributed by atoms with E-state index in [4.69, 9.17) is 0 Å². The number of hydrogen-bond acceptors (Lipinski definition) is 2. The van der Waals surface area contributed by atoms with Crippen molar-refractivity contribution in [1.82, 2.24) is 9.55 Å². The number of imidazole rings is 1. The molecule has 0 saturated heterocycles. The molecule has 0 radical (unpaired) electrons. The summed E-state index contributed by atoms with van der Waals surface area (Å²) in [6.45, 7) is 4.97. The van der Waals surface area contributed by atoms with Crippen LogP contribution >= 0.6 is 0 Å². The van der Waals surface area contributed by atoms with Gasteiger partial charge in [-0.1, -0.05) is 31.6 Å². The Labute approximate surface area is 156 Å². The smallest absolute Gasteiger partial charge is 0.136 e. The van der Waals surface area contributed by atoms with Crippen LogP contribution < -0.4 is 0 Å². The molecule has 3 nitrogen and oxygen atoms in total. The van der Waals surface area contributed by atoms with Crippen LogP contribution in [0.25, 0.3) is 5.70 Å². The van der Waals surface area contributed by atoms with Crippen molar-refractivity contribution in [2.24, 2.45) is 28.6 Å². The highest BCUT2D eigenvalue weighted by Gasteiger charge is 2.56. The van der Waals surface area contributed by atoms with Crippen molar-refractivity contribution in [2.75, 3.05) is 0 Å². The Morgan fingerprint density at radius 2 is 2.00 bits per heavy atom. The molecule has 1 aromatic rings. The molecule has 0 amide bonds. The van der Waals surface area contributed by atoms with E-state index in [9.17, 15) is 4.79 Å². The third kappa shape index (κ3) is 2.18. The van der Waals surface area contributed by atoms with E-state index in [0.717, 1.165) is 37.0 Å². The van der Waals surface area contributed by atoms with E-state index in [-0.39, 0.29) is 10.8 Å². The molecule has 1 aromatic heterocycles. The van der Waals surface area contributed by atoms with Crippen LogP contribution in [-0.2, 0) is 4.79 Å². The Kier molecular flexibility index (Phi) is 3.61. The van der Waals surface area contributed by atoms with E-state index in [1.807, 2.05) is 12.5 Å². The molecule has 1 heterocycles. The highest BCUT2D eigenvalue weighted by atomic mass is 16.1. The lowest BCUT2D eigenvalue weighted by Gasteiger charge is -2.56. The van der Waals surface area contributed by atoms with E-state index >= 15 is 0 Å². The van der Waals surface area contributed by atoms with Gasteiger partial charge in [-0.25, -0.2) is 4.98 Å². The molecule has 2 saturated carbocycles. The minimum Gasteiger partial charge on any atom is -0.310 e. The summed E-state index contributed by atoms with van der Waals surface area (Å²) < 4.78 is 2.25. The van der Waals surface area contributed by atoms with Gasteiger partial charge in [0.1, 0.15) is 5.78 Å². The van der Waals surface area contributed by atoms with Gasteiger partial charge in [-0.15, -0.1) is 0 Å². The van der Waals surface area contributed by atoms with Crippen LogP contribution in [0, 0.1) is 28.6 Å². The summed E-state index contributed by atoms with van der Waals surface area (Å²) in [4.78, 5) is 16.5. The summed E-state index contributed by atoms with van der Waals surface area (Å²) in [5.41, 5.74) is 3.47. The zero-order valence-electron chi connectivity index (χ0n) is 16.1. The highest BCUT2D eigenvalue weighted by molar-refractivity contribution is 5.81. The van der Waals surface area contributed by atoms with Gasteiger partial charge in [0.2, 0.25) is 0 Å². The van der Waals surface area contributed by atoms with Gasteiger partial charge >= 0.3 is 0 Å². The lowest BCUT2D eigenvalue weighted by atomic mass is 9.49. The SMILES string of the molecule is C[C@]12CCCC(=O)CC1=CCC1[C@@H]2CC[C@]2(C)C(n3ccnc3)=CC[C@@H]12. The topological polar surface area (TPSA) is 34.9 Å². The lowest BCUT2D eigenvalue weighted by Crippen LogP contribution is -2.48. The predicted octanol–water partition coefficient (Wildman–Crippen LogP) is 5.26. The molecular formula is C23H30N2O. The highest BCUT2D eigenvalue weighted by Crippen LogP contribution is 2.65. The molecule has 0 N–H and O–H groups in total. The number of carbonyl (C=O) groups is 1. The minimum absolute atomic E-state index is 0.258. The largest absolute Gasteiger partial charge is 0.310 e. The van der Waals surface area contributed by atoms with E-state index in [2.05, 4.69) is 41.7 Å². The van der Waals surface area contributed by atoms with Gasteiger partial charge in [-0.05, 0) is 61.7 Å². The monoisotopic (exact) mass is 350 g/mol. The molecule has 2 fully saturated rings. The summed E-state index contributed by atoms with van der Waals surface area (Å²) in [6, 6.07) is 0. The molecule has 4 aliphatic rings. The first-order valence-electron chi connectivity index (χ1n) is 10.4. The number of Topliss-reactive ketones (excluding diaryl/α,β-unsaturated/α-hetero) is 1. The predicted molar refractivity (Wildman–Crippen MR) is 103 cm³/mol. The second-order valence-electron chi connectivity index (χ2n) is 9.58. The number of ketones is 1. The summed E-state index contributed by atoms with van der Waals surface area (Å²) in [5.74, 6) is 2.70. The summed E-state index contributed by atoms with van der Waals surface area (Å²) in [6.07, 6.45) is 19.6. The molecule has 0 bridgehead atoms. The summed E-state index contributed by atoms with van der Waals surface area (Å²) >= 11 is 0. The first-order valence-corrected chi connectivity index (χ1v) is 10.4. The molecule has 3 heteroatoms. The van der Waals surface area contributed by atoms with Crippen LogP contribution in [0.1, 0.15) is 65.2 Å². The first-order chi connectivity index (χ1) is 12.5. The molecule has 0 aliphatic heterocycles. The number of fused-ring (bicyclic) bond motifs is 5. The third-order valence-corrected chi connectivity index (χ3v) is 8.49. The van der Waals surface area contributed by atoms with Crippen molar-refractivity contribution < 1.29 is 4.79 Å². The van der Waals surface area contributed by atoms with Crippen LogP contribution in [0.5, 0.6) is 0 Å². The Bertz CT molecular complexity index is 789. The van der Waals surface area contributed by atoms with Gasteiger partial charge in [-0.3, -0.25) is 4.79 Å². The average Bonchev–Trinajstić information content (AvgIpc) is 3.20. The fourth-order valence-electron chi connectivity index (χ4n) is 7.08. The van der Waals surface area contributed by atoms with Gasteiger partial charge in [-0.2, -0.15) is 0 Å². The second-order valence-corrected chi connectivity index (χ2v) is 9.58. The number of carbonyl (C=O) groups excluding carboxylic acids is 1. The van der Waals surface area contributed by atoms with Gasteiger partial charge in [0.15, 0.2) is 0 Å². The Hall–Kier alpha value is -1.64. The van der Waals surface area contributed by atoms with Crippen LogP contribution in [-0.4, -0.2) is 15.3 Å². The van der Waals surface area contributed by atoms with Crippen LogP contribution in [0.2, 0.25) is 0 Å². The second kappa shape index (κ2) is 5.68. The quantitative estimate of drug-likeness (QED) is 0.648. The van der Waals surface area contributed by atoms with Crippen LogP contribution in [0.15, 0.2) is 36.4 Å². The molecule has 4 aliphatic carbocycles.